The molecular weight excluding hydrogens is 226 g/mol. The van der Waals surface area contributed by atoms with Crippen LogP contribution in [0.4, 0.5) is 4.79 Å². The molecule has 0 saturated heterocycles. The van der Waals surface area contributed by atoms with Crippen molar-refractivity contribution in [2.75, 3.05) is 13.2 Å². The van der Waals surface area contributed by atoms with Gasteiger partial charge in [0.15, 0.2) is 0 Å². The van der Waals surface area contributed by atoms with Gasteiger partial charge in [-0.25, -0.2) is 4.79 Å². The minimum Gasteiger partial charge on any atom is -0.450 e. The molecule has 1 amide bonds. The second-order valence-corrected chi connectivity index (χ2v) is 4.43. The number of allylic oxidation sites excluding steroid dienone is 1. The smallest absolute Gasteiger partial charge is 0.407 e. The third-order valence-corrected chi connectivity index (χ3v) is 3.25. The zero-order valence-corrected chi connectivity index (χ0v) is 11.0. The van der Waals surface area contributed by atoms with Crippen LogP contribution in [0, 0.1) is 6.92 Å². The van der Waals surface area contributed by atoms with Crippen LogP contribution in [0.25, 0.3) is 5.57 Å². The van der Waals surface area contributed by atoms with Gasteiger partial charge < -0.3 is 10.1 Å². The van der Waals surface area contributed by atoms with Gasteiger partial charge in [0.1, 0.15) is 0 Å². The van der Waals surface area contributed by atoms with Gasteiger partial charge in [-0.1, -0.05) is 24.3 Å². The molecule has 0 aromatic heterocycles. The lowest BCUT2D eigenvalue weighted by molar-refractivity contribution is 0.152. The average molecular weight is 245 g/mol. The van der Waals surface area contributed by atoms with Crippen LogP contribution in [0.5, 0.6) is 0 Å². The molecule has 0 unspecified atom stereocenters. The number of ether oxygens (including phenoxy) is 1. The number of nitrogens with one attached hydrogen (secondary N) is 1. The first kappa shape index (κ1) is 12.7. The molecule has 1 aromatic carbocycles. The van der Waals surface area contributed by atoms with Gasteiger partial charge in [-0.05, 0) is 49.0 Å². The molecule has 0 heterocycles. The highest BCUT2D eigenvalue weighted by Gasteiger charge is 2.15. The first-order chi connectivity index (χ1) is 8.72. The SMILES string of the molecule is CCOC(=O)NCCC1=CCc2c(C)cccc21. The summed E-state index contributed by atoms with van der Waals surface area (Å²) in [5.41, 5.74) is 5.42. The van der Waals surface area contributed by atoms with Gasteiger partial charge in [0.25, 0.3) is 0 Å². The van der Waals surface area contributed by atoms with Gasteiger partial charge in [-0.2, -0.15) is 0 Å². The van der Waals surface area contributed by atoms with Gasteiger partial charge in [0.2, 0.25) is 0 Å². The van der Waals surface area contributed by atoms with E-state index in [9.17, 15) is 4.79 Å². The summed E-state index contributed by atoms with van der Waals surface area (Å²) in [5.74, 6) is 0. The quantitative estimate of drug-likeness (QED) is 0.885. The molecule has 2 rings (SSSR count). The molecule has 1 aliphatic carbocycles. The Morgan fingerprint density at radius 1 is 1.44 bits per heavy atom. The van der Waals surface area contributed by atoms with Crippen molar-refractivity contribution in [3.8, 4) is 0 Å². The van der Waals surface area contributed by atoms with E-state index in [4.69, 9.17) is 4.74 Å². The summed E-state index contributed by atoms with van der Waals surface area (Å²) in [6.07, 6.45) is 3.79. The fourth-order valence-electron chi connectivity index (χ4n) is 2.33. The van der Waals surface area contributed by atoms with Gasteiger partial charge in [-0.15, -0.1) is 0 Å². The van der Waals surface area contributed by atoms with Crippen LogP contribution in [0.1, 0.15) is 30.0 Å². The van der Waals surface area contributed by atoms with Crippen molar-refractivity contribution in [2.45, 2.75) is 26.7 Å². The minimum absolute atomic E-state index is 0.333. The summed E-state index contributed by atoms with van der Waals surface area (Å²) in [6.45, 7) is 4.99. The van der Waals surface area contributed by atoms with Crippen LogP contribution < -0.4 is 5.32 Å². The normalized spacial score (nSPS) is 12.9. The van der Waals surface area contributed by atoms with Crippen LogP contribution in [0.3, 0.4) is 0 Å². The molecule has 1 aliphatic rings. The topological polar surface area (TPSA) is 38.3 Å². The lowest BCUT2D eigenvalue weighted by Gasteiger charge is -2.08. The Balaban J connectivity index is 1.90. The van der Waals surface area contributed by atoms with Gasteiger partial charge in [0, 0.05) is 6.54 Å². The lowest BCUT2D eigenvalue weighted by atomic mass is 10.00. The summed E-state index contributed by atoms with van der Waals surface area (Å²) in [5, 5.41) is 2.75. The van der Waals surface area contributed by atoms with Crippen molar-refractivity contribution in [3.05, 3.63) is 41.0 Å². The molecule has 96 valence electrons. The Morgan fingerprint density at radius 2 is 2.28 bits per heavy atom. The molecule has 0 fully saturated rings. The third kappa shape index (κ3) is 2.73. The Morgan fingerprint density at radius 3 is 3.06 bits per heavy atom. The third-order valence-electron chi connectivity index (χ3n) is 3.25. The predicted octanol–water partition coefficient (Wildman–Crippen LogP) is 3.07. The van der Waals surface area contributed by atoms with E-state index in [1.165, 1.54) is 22.3 Å². The first-order valence-electron chi connectivity index (χ1n) is 6.41. The standard InChI is InChI=1S/C15H19NO2/c1-3-18-15(17)16-10-9-12-7-8-13-11(2)5-4-6-14(12)13/h4-7H,3,8-10H2,1-2H3,(H,16,17). The van der Waals surface area contributed by atoms with Crippen LogP contribution in [0.15, 0.2) is 24.3 Å². The van der Waals surface area contributed by atoms with E-state index >= 15 is 0 Å². The maximum absolute atomic E-state index is 11.2. The average Bonchev–Trinajstić information content (AvgIpc) is 2.75. The zero-order valence-electron chi connectivity index (χ0n) is 11.0. The molecule has 1 N–H and O–H groups in total. The van der Waals surface area contributed by atoms with E-state index in [0.717, 1.165) is 12.8 Å². The summed E-state index contributed by atoms with van der Waals surface area (Å²) in [6, 6.07) is 6.39. The molecule has 18 heavy (non-hydrogen) atoms. The fraction of sp³-hybridized carbons (Fsp3) is 0.400. The second kappa shape index (κ2) is 5.71. The van der Waals surface area contributed by atoms with E-state index in [0.29, 0.717) is 13.2 Å². The molecule has 3 nitrogen and oxygen atoms in total. The molecule has 1 aromatic rings. The molecule has 0 atom stereocenters. The molecular formula is C15H19NO2. The summed E-state index contributed by atoms with van der Waals surface area (Å²) in [4.78, 5) is 11.2. The highest BCUT2D eigenvalue weighted by Crippen LogP contribution is 2.31. The summed E-state index contributed by atoms with van der Waals surface area (Å²) in [7, 11) is 0. The number of rotatable bonds is 4. The zero-order chi connectivity index (χ0) is 13.0. The maximum atomic E-state index is 11.2. The maximum Gasteiger partial charge on any atom is 0.407 e. The molecule has 3 heteroatoms. The molecule has 0 radical (unpaired) electrons. The Bertz CT molecular complexity index is 477. The number of aryl methyl sites for hydroxylation is 1. The fourth-order valence-corrected chi connectivity index (χ4v) is 2.33. The molecule has 0 bridgehead atoms. The van der Waals surface area contributed by atoms with Gasteiger partial charge in [-0.3, -0.25) is 0 Å². The highest BCUT2D eigenvalue weighted by atomic mass is 16.5. The Hall–Kier alpha value is -1.77. The second-order valence-electron chi connectivity index (χ2n) is 4.43. The summed E-state index contributed by atoms with van der Waals surface area (Å²) < 4.78 is 4.83. The van der Waals surface area contributed by atoms with Crippen molar-refractivity contribution < 1.29 is 9.53 Å². The van der Waals surface area contributed by atoms with Gasteiger partial charge in [0.05, 0.1) is 6.61 Å². The van der Waals surface area contributed by atoms with E-state index in [-0.39, 0.29) is 6.09 Å². The lowest BCUT2D eigenvalue weighted by Crippen LogP contribution is -2.25. The monoisotopic (exact) mass is 245 g/mol. The van der Waals surface area contributed by atoms with Crippen LogP contribution in [-0.4, -0.2) is 19.2 Å². The number of carbonyl (C=O) groups is 1. The number of benzene rings is 1. The highest BCUT2D eigenvalue weighted by molar-refractivity contribution is 5.74. The van der Waals surface area contributed by atoms with E-state index in [2.05, 4.69) is 36.5 Å². The van der Waals surface area contributed by atoms with Crippen LogP contribution >= 0.6 is 0 Å². The molecule has 0 spiro atoms. The minimum atomic E-state index is -0.333. The van der Waals surface area contributed by atoms with Crippen molar-refractivity contribution in [1.82, 2.24) is 5.32 Å². The number of carbonyl (C=O) groups excluding carboxylic acids is 1. The number of alkyl carbamates (subject to hydrolysis) is 1. The first-order valence-corrected chi connectivity index (χ1v) is 6.41. The number of hydrogen-bond acceptors (Lipinski definition) is 2. The van der Waals surface area contributed by atoms with E-state index < -0.39 is 0 Å². The number of amides is 1. The number of fused-ring (bicyclic) bond motifs is 1. The van der Waals surface area contributed by atoms with Crippen molar-refractivity contribution in [3.63, 3.8) is 0 Å². The van der Waals surface area contributed by atoms with Crippen molar-refractivity contribution in [2.24, 2.45) is 0 Å². The van der Waals surface area contributed by atoms with E-state index in [1.54, 1.807) is 6.92 Å². The van der Waals surface area contributed by atoms with Crippen molar-refractivity contribution in [1.29, 1.82) is 0 Å². The summed E-state index contributed by atoms with van der Waals surface area (Å²) >= 11 is 0. The van der Waals surface area contributed by atoms with Crippen molar-refractivity contribution >= 4 is 11.7 Å². The van der Waals surface area contributed by atoms with Crippen LogP contribution in [-0.2, 0) is 11.2 Å². The van der Waals surface area contributed by atoms with Gasteiger partial charge >= 0.3 is 6.09 Å². The molecule has 0 saturated carbocycles. The van der Waals surface area contributed by atoms with Crippen LogP contribution in [0.2, 0.25) is 0 Å². The number of hydrogen-bond donors (Lipinski definition) is 1. The molecule has 0 aliphatic heterocycles. The Kier molecular flexibility index (Phi) is 4.03. The largest absolute Gasteiger partial charge is 0.450 e. The predicted molar refractivity (Wildman–Crippen MR) is 72.5 cm³/mol. The Labute approximate surface area is 108 Å². The van der Waals surface area contributed by atoms with E-state index in [1.807, 2.05) is 0 Å².